The first-order valence-corrected chi connectivity index (χ1v) is 7.66. The van der Waals surface area contributed by atoms with Crippen LogP contribution in [0.4, 0.5) is 0 Å². The van der Waals surface area contributed by atoms with Crippen LogP contribution in [-0.2, 0) is 9.53 Å². The van der Waals surface area contributed by atoms with Crippen LogP contribution in [0, 0.1) is 0 Å². The number of cyclic esters (lactones) is 1. The molecule has 25 heavy (non-hydrogen) atoms. The molecule has 0 aliphatic carbocycles. The average molecular weight is 338 g/mol. The normalized spacial score (nSPS) is 14.9. The molecule has 0 aromatic heterocycles. The van der Waals surface area contributed by atoms with Crippen molar-refractivity contribution in [2.75, 3.05) is 21.3 Å². The highest BCUT2D eigenvalue weighted by Crippen LogP contribution is 2.35. The van der Waals surface area contributed by atoms with Crippen LogP contribution in [0.1, 0.15) is 11.1 Å². The molecule has 0 saturated carbocycles. The van der Waals surface area contributed by atoms with Gasteiger partial charge in [-0.15, -0.1) is 0 Å². The smallest absolute Gasteiger partial charge is 0.343 e. The minimum Gasteiger partial charge on any atom is -0.497 e. The van der Waals surface area contributed by atoms with E-state index in [0.29, 0.717) is 28.4 Å². The number of hydrogen-bond acceptors (Lipinski definition) is 5. The van der Waals surface area contributed by atoms with Crippen LogP contribution in [0.15, 0.2) is 54.1 Å². The fourth-order valence-corrected chi connectivity index (χ4v) is 2.54. The maximum atomic E-state index is 12.2. The molecule has 3 rings (SSSR count). The van der Waals surface area contributed by atoms with Gasteiger partial charge in [0.15, 0.2) is 0 Å². The highest BCUT2D eigenvalue weighted by Gasteiger charge is 2.24. The number of benzene rings is 2. The Kier molecular flexibility index (Phi) is 4.75. The average Bonchev–Trinajstić information content (AvgIpc) is 3.01. The summed E-state index contributed by atoms with van der Waals surface area (Å²) in [7, 11) is 4.74. The highest BCUT2D eigenvalue weighted by molar-refractivity contribution is 6.05. The Balaban J connectivity index is 1.99. The van der Waals surface area contributed by atoms with Gasteiger partial charge in [-0.3, -0.25) is 0 Å². The molecule has 5 nitrogen and oxygen atoms in total. The third-order valence-corrected chi connectivity index (χ3v) is 3.81. The van der Waals surface area contributed by atoms with Crippen molar-refractivity contribution in [3.63, 3.8) is 0 Å². The second-order valence-electron chi connectivity index (χ2n) is 5.34. The molecule has 5 heteroatoms. The molecule has 0 unspecified atom stereocenters. The van der Waals surface area contributed by atoms with Gasteiger partial charge in [0.1, 0.15) is 23.0 Å². The first-order valence-electron chi connectivity index (χ1n) is 7.66. The zero-order chi connectivity index (χ0) is 17.8. The van der Waals surface area contributed by atoms with Crippen LogP contribution in [0.2, 0.25) is 0 Å². The number of rotatable bonds is 5. The van der Waals surface area contributed by atoms with E-state index in [1.54, 1.807) is 51.7 Å². The Hall–Kier alpha value is -3.21. The van der Waals surface area contributed by atoms with Crippen molar-refractivity contribution in [1.82, 2.24) is 0 Å². The van der Waals surface area contributed by atoms with E-state index in [2.05, 4.69) is 0 Å². The molecule has 0 fully saturated rings. The minimum absolute atomic E-state index is 0.414. The Morgan fingerprint density at radius 2 is 1.68 bits per heavy atom. The van der Waals surface area contributed by atoms with E-state index in [-0.39, 0.29) is 0 Å². The topological polar surface area (TPSA) is 54.0 Å². The predicted molar refractivity (Wildman–Crippen MR) is 94.6 cm³/mol. The first kappa shape index (κ1) is 16.6. The number of carbonyl (C=O) groups excluding carboxylic acids is 1. The van der Waals surface area contributed by atoms with E-state index in [4.69, 9.17) is 18.9 Å². The summed E-state index contributed by atoms with van der Waals surface area (Å²) < 4.78 is 21.2. The Labute approximate surface area is 146 Å². The van der Waals surface area contributed by atoms with Crippen LogP contribution in [-0.4, -0.2) is 27.3 Å². The lowest BCUT2D eigenvalue weighted by Gasteiger charge is -2.10. The number of ether oxygens (including phenoxy) is 4. The van der Waals surface area contributed by atoms with Crippen LogP contribution in [0.25, 0.3) is 11.8 Å². The van der Waals surface area contributed by atoms with Gasteiger partial charge in [-0.2, -0.15) is 0 Å². The molecule has 1 aliphatic heterocycles. The fourth-order valence-electron chi connectivity index (χ4n) is 2.54. The molecule has 0 atom stereocenters. The van der Waals surface area contributed by atoms with Crippen LogP contribution in [0.3, 0.4) is 0 Å². The summed E-state index contributed by atoms with van der Waals surface area (Å²) in [6.07, 6.45) is 3.45. The minimum atomic E-state index is -0.414. The summed E-state index contributed by atoms with van der Waals surface area (Å²) in [6, 6.07) is 12.8. The molecular formula is C20H18O5. The van der Waals surface area contributed by atoms with Crippen molar-refractivity contribution < 1.29 is 23.7 Å². The molecule has 0 N–H and O–H groups in total. The molecule has 0 saturated heterocycles. The van der Waals surface area contributed by atoms with E-state index < -0.39 is 5.97 Å². The molecule has 0 bridgehead atoms. The van der Waals surface area contributed by atoms with Crippen LogP contribution >= 0.6 is 0 Å². The van der Waals surface area contributed by atoms with Gasteiger partial charge in [0, 0.05) is 0 Å². The van der Waals surface area contributed by atoms with Crippen molar-refractivity contribution in [3.05, 3.63) is 65.2 Å². The van der Waals surface area contributed by atoms with Crippen LogP contribution < -0.4 is 14.2 Å². The maximum Gasteiger partial charge on any atom is 0.343 e. The number of esters is 1. The maximum absolute atomic E-state index is 12.2. The van der Waals surface area contributed by atoms with Gasteiger partial charge in [0.25, 0.3) is 0 Å². The largest absolute Gasteiger partial charge is 0.497 e. The van der Waals surface area contributed by atoms with Crippen molar-refractivity contribution in [1.29, 1.82) is 0 Å². The first-order chi connectivity index (χ1) is 12.1. The van der Waals surface area contributed by atoms with Gasteiger partial charge < -0.3 is 18.9 Å². The van der Waals surface area contributed by atoms with Gasteiger partial charge in [-0.1, -0.05) is 12.1 Å². The van der Waals surface area contributed by atoms with Crippen molar-refractivity contribution in [3.8, 4) is 17.2 Å². The molecule has 1 heterocycles. The summed E-state index contributed by atoms with van der Waals surface area (Å²) in [5, 5.41) is 0. The van der Waals surface area contributed by atoms with Gasteiger partial charge in [0.05, 0.1) is 32.5 Å². The zero-order valence-corrected chi connectivity index (χ0v) is 14.2. The molecule has 2 aromatic carbocycles. The Morgan fingerprint density at radius 3 is 2.40 bits per heavy atom. The van der Waals surface area contributed by atoms with E-state index in [1.165, 1.54) is 0 Å². The number of hydrogen-bond donors (Lipinski definition) is 0. The fraction of sp³-hybridized carbons (Fsp3) is 0.150. The molecule has 128 valence electrons. The van der Waals surface area contributed by atoms with E-state index in [9.17, 15) is 4.79 Å². The summed E-state index contributed by atoms with van der Waals surface area (Å²) in [5.74, 6) is 1.98. The van der Waals surface area contributed by atoms with Crippen molar-refractivity contribution in [2.24, 2.45) is 0 Å². The summed E-state index contributed by atoms with van der Waals surface area (Å²) in [6.45, 7) is 0. The van der Waals surface area contributed by atoms with Crippen molar-refractivity contribution >= 4 is 17.8 Å². The van der Waals surface area contributed by atoms with E-state index in [0.717, 1.165) is 11.3 Å². The Bertz CT molecular complexity index is 864. The van der Waals surface area contributed by atoms with Crippen LogP contribution in [0.5, 0.6) is 17.2 Å². The number of methoxy groups -OCH3 is 3. The molecule has 0 radical (unpaired) electrons. The third-order valence-electron chi connectivity index (χ3n) is 3.81. The summed E-state index contributed by atoms with van der Waals surface area (Å²) in [4.78, 5) is 12.2. The quantitative estimate of drug-likeness (QED) is 0.615. The van der Waals surface area contributed by atoms with Gasteiger partial charge in [-0.05, 0) is 48.0 Å². The lowest BCUT2D eigenvalue weighted by Crippen LogP contribution is -1.99. The lowest BCUT2D eigenvalue weighted by atomic mass is 10.1. The second kappa shape index (κ2) is 7.13. The molecule has 1 aliphatic rings. The Morgan fingerprint density at radius 1 is 0.920 bits per heavy atom. The van der Waals surface area contributed by atoms with E-state index >= 15 is 0 Å². The van der Waals surface area contributed by atoms with Crippen molar-refractivity contribution in [2.45, 2.75) is 0 Å². The monoisotopic (exact) mass is 338 g/mol. The van der Waals surface area contributed by atoms with Gasteiger partial charge >= 0.3 is 5.97 Å². The molecule has 0 spiro atoms. The summed E-state index contributed by atoms with van der Waals surface area (Å²) in [5.41, 5.74) is 1.96. The standard InChI is InChI=1S/C20H18O5/c1-22-15-6-4-5-13(10-15)9-14-11-19(25-20(14)21)17-12-16(23-2)7-8-18(17)24-3/h4-12H,1-3H3/b14-9+. The lowest BCUT2D eigenvalue weighted by molar-refractivity contribution is -0.130. The summed E-state index contributed by atoms with van der Waals surface area (Å²) >= 11 is 0. The van der Waals surface area contributed by atoms with Gasteiger partial charge in [-0.25, -0.2) is 4.79 Å². The van der Waals surface area contributed by atoms with Gasteiger partial charge in [0.2, 0.25) is 0 Å². The second-order valence-corrected chi connectivity index (χ2v) is 5.34. The third kappa shape index (κ3) is 3.50. The molecular weight excluding hydrogens is 320 g/mol. The predicted octanol–water partition coefficient (Wildman–Crippen LogP) is 3.69. The molecule has 0 amide bonds. The highest BCUT2D eigenvalue weighted by atomic mass is 16.5. The number of carbonyl (C=O) groups is 1. The zero-order valence-electron chi connectivity index (χ0n) is 14.2. The van der Waals surface area contributed by atoms with E-state index in [1.807, 2.05) is 24.3 Å². The molecule has 2 aromatic rings. The SMILES string of the molecule is COc1cccc(/C=C2\C=C(c3cc(OC)ccc3OC)OC2=O)c1.